The van der Waals surface area contributed by atoms with Crippen LogP contribution in [0.5, 0.6) is 0 Å². The Morgan fingerprint density at radius 1 is 1.41 bits per heavy atom. The van der Waals surface area contributed by atoms with Crippen molar-refractivity contribution in [3.8, 4) is 0 Å². The number of amides is 1. The highest BCUT2D eigenvalue weighted by Crippen LogP contribution is 2.23. The fourth-order valence-electron chi connectivity index (χ4n) is 2.32. The third-order valence-electron chi connectivity index (χ3n) is 3.43. The predicted octanol–water partition coefficient (Wildman–Crippen LogP) is 0.789. The number of alkyl carbamates (subject to hydrolysis) is 1. The number of carbonyl (C=O) groups excluding carboxylic acids is 1. The van der Waals surface area contributed by atoms with E-state index < -0.39 is 6.09 Å². The van der Waals surface area contributed by atoms with Gasteiger partial charge in [-0.15, -0.1) is 0 Å². The van der Waals surface area contributed by atoms with Gasteiger partial charge in [-0.25, -0.2) is 4.79 Å². The predicted molar refractivity (Wildman–Crippen MR) is 67.8 cm³/mol. The summed E-state index contributed by atoms with van der Waals surface area (Å²) in [5.74, 6) is 0.317. The smallest absolute Gasteiger partial charge is 0.407 e. The summed E-state index contributed by atoms with van der Waals surface area (Å²) in [7, 11) is 1.37. The zero-order valence-corrected chi connectivity index (χ0v) is 11.5. The first-order valence-corrected chi connectivity index (χ1v) is 6.11. The summed E-state index contributed by atoms with van der Waals surface area (Å²) < 4.78 is 4.62. The molecule has 17 heavy (non-hydrogen) atoms. The van der Waals surface area contributed by atoms with Gasteiger partial charge >= 0.3 is 6.09 Å². The maximum Gasteiger partial charge on any atom is 0.407 e. The molecule has 0 aromatic heterocycles. The summed E-state index contributed by atoms with van der Waals surface area (Å²) in [6.07, 6.45) is -0.401. The minimum Gasteiger partial charge on any atom is -0.453 e. The van der Waals surface area contributed by atoms with Gasteiger partial charge in [-0.05, 0) is 26.7 Å². The second kappa shape index (κ2) is 5.23. The molecule has 3 atom stereocenters. The molecule has 0 radical (unpaired) electrons. The third-order valence-corrected chi connectivity index (χ3v) is 3.43. The molecule has 0 saturated carbocycles. The minimum atomic E-state index is -0.401. The van der Waals surface area contributed by atoms with Crippen LogP contribution in [0.4, 0.5) is 4.79 Å². The molecule has 1 fully saturated rings. The van der Waals surface area contributed by atoms with E-state index in [0.717, 1.165) is 13.1 Å². The molecule has 1 aliphatic rings. The first-order chi connectivity index (χ1) is 7.75. The Bertz CT molecular complexity index is 263. The molecule has 0 aliphatic carbocycles. The Hall–Kier alpha value is -0.810. The van der Waals surface area contributed by atoms with Crippen molar-refractivity contribution in [1.29, 1.82) is 0 Å². The number of ether oxygens (including phenoxy) is 1. The molecule has 1 heterocycles. The second-order valence-corrected chi connectivity index (χ2v) is 5.88. The average molecular weight is 243 g/mol. The summed E-state index contributed by atoms with van der Waals surface area (Å²) >= 11 is 0. The standard InChI is InChI=1S/C12H25N3O2/c1-8-6-15(12(2,3)4)7-9(13)10(8)14-11(16)17-5/h8-10H,6-7,13H2,1-5H3,(H,14,16)/t8-,9+,10+/m0/s1. The highest BCUT2D eigenvalue weighted by atomic mass is 16.5. The number of nitrogens with zero attached hydrogens (tertiary/aromatic N) is 1. The van der Waals surface area contributed by atoms with Crippen LogP contribution in [0.25, 0.3) is 0 Å². The van der Waals surface area contributed by atoms with Gasteiger partial charge in [0.1, 0.15) is 0 Å². The lowest BCUT2D eigenvalue weighted by molar-refractivity contribution is 0.0514. The quantitative estimate of drug-likeness (QED) is 0.714. The van der Waals surface area contributed by atoms with E-state index in [1.54, 1.807) is 0 Å². The zero-order chi connectivity index (χ0) is 13.2. The number of carbonyl (C=O) groups is 1. The van der Waals surface area contributed by atoms with Gasteiger partial charge in [0.2, 0.25) is 0 Å². The minimum absolute atomic E-state index is 0.0129. The van der Waals surface area contributed by atoms with E-state index in [-0.39, 0.29) is 17.6 Å². The molecule has 1 amide bonds. The number of rotatable bonds is 1. The lowest BCUT2D eigenvalue weighted by atomic mass is 9.87. The number of hydrogen-bond acceptors (Lipinski definition) is 4. The fourth-order valence-corrected chi connectivity index (χ4v) is 2.32. The van der Waals surface area contributed by atoms with Gasteiger partial charge in [0.25, 0.3) is 0 Å². The molecule has 1 rings (SSSR count). The molecule has 5 heteroatoms. The summed E-state index contributed by atoms with van der Waals surface area (Å²) in [4.78, 5) is 13.6. The number of nitrogens with one attached hydrogen (secondary N) is 1. The van der Waals surface area contributed by atoms with Crippen molar-refractivity contribution in [1.82, 2.24) is 10.2 Å². The monoisotopic (exact) mass is 243 g/mol. The highest BCUT2D eigenvalue weighted by Gasteiger charge is 2.37. The normalized spacial score (nSPS) is 31.1. The molecule has 100 valence electrons. The summed E-state index contributed by atoms with van der Waals surface area (Å²) in [5, 5.41) is 2.83. The van der Waals surface area contributed by atoms with Gasteiger partial charge in [0.15, 0.2) is 0 Å². The van der Waals surface area contributed by atoms with Crippen LogP contribution in [0.3, 0.4) is 0 Å². The molecule has 0 spiro atoms. The first kappa shape index (κ1) is 14.3. The summed E-state index contributed by atoms with van der Waals surface area (Å²) in [6, 6.07) is -0.0712. The number of likely N-dealkylation sites (tertiary alicyclic amines) is 1. The highest BCUT2D eigenvalue weighted by molar-refractivity contribution is 5.67. The van der Waals surface area contributed by atoms with Crippen LogP contribution in [0.1, 0.15) is 27.7 Å². The topological polar surface area (TPSA) is 67.6 Å². The van der Waals surface area contributed by atoms with Crippen LogP contribution in [-0.2, 0) is 4.74 Å². The van der Waals surface area contributed by atoms with E-state index in [2.05, 4.69) is 42.6 Å². The molecule has 0 aromatic carbocycles. The second-order valence-electron chi connectivity index (χ2n) is 5.88. The number of nitrogens with two attached hydrogens (primary N) is 1. The number of piperidine rings is 1. The van der Waals surface area contributed by atoms with E-state index in [9.17, 15) is 4.79 Å². The van der Waals surface area contributed by atoms with Crippen LogP contribution in [0.2, 0.25) is 0 Å². The van der Waals surface area contributed by atoms with Crippen molar-refractivity contribution >= 4 is 6.09 Å². The van der Waals surface area contributed by atoms with E-state index in [1.165, 1.54) is 7.11 Å². The van der Waals surface area contributed by atoms with Crippen LogP contribution in [0, 0.1) is 5.92 Å². The maximum absolute atomic E-state index is 11.2. The van der Waals surface area contributed by atoms with E-state index >= 15 is 0 Å². The molecular formula is C12H25N3O2. The Balaban J connectivity index is 2.65. The molecule has 0 bridgehead atoms. The maximum atomic E-state index is 11.2. The number of hydrogen-bond donors (Lipinski definition) is 2. The largest absolute Gasteiger partial charge is 0.453 e. The van der Waals surface area contributed by atoms with Gasteiger partial charge < -0.3 is 15.8 Å². The molecule has 1 saturated heterocycles. The van der Waals surface area contributed by atoms with Crippen LogP contribution >= 0.6 is 0 Å². The summed E-state index contributed by atoms with van der Waals surface area (Å²) in [5.41, 5.74) is 6.26. The van der Waals surface area contributed by atoms with E-state index in [1.807, 2.05) is 0 Å². The Labute approximate surface area is 104 Å². The molecule has 0 unspecified atom stereocenters. The van der Waals surface area contributed by atoms with Crippen LogP contribution in [0.15, 0.2) is 0 Å². The van der Waals surface area contributed by atoms with Crippen molar-refractivity contribution in [2.75, 3.05) is 20.2 Å². The first-order valence-electron chi connectivity index (χ1n) is 6.11. The Morgan fingerprint density at radius 2 is 2.00 bits per heavy atom. The SMILES string of the molecule is COC(=O)N[C@H]1[C@H](N)CN(C(C)(C)C)C[C@@H]1C. The Kier molecular flexibility index (Phi) is 4.38. The summed E-state index contributed by atoms with van der Waals surface area (Å²) in [6.45, 7) is 10.4. The van der Waals surface area contributed by atoms with Crippen molar-refractivity contribution in [3.05, 3.63) is 0 Å². The van der Waals surface area contributed by atoms with Crippen molar-refractivity contribution < 1.29 is 9.53 Å². The van der Waals surface area contributed by atoms with Gasteiger partial charge in [-0.1, -0.05) is 6.92 Å². The van der Waals surface area contributed by atoms with Crippen molar-refractivity contribution in [3.63, 3.8) is 0 Å². The van der Waals surface area contributed by atoms with Crippen molar-refractivity contribution in [2.45, 2.75) is 45.3 Å². The van der Waals surface area contributed by atoms with Crippen LogP contribution in [-0.4, -0.2) is 48.8 Å². The average Bonchev–Trinajstić information content (AvgIpc) is 2.21. The number of methoxy groups -OCH3 is 1. The molecule has 1 aliphatic heterocycles. The van der Waals surface area contributed by atoms with Gasteiger partial charge in [-0.3, -0.25) is 4.90 Å². The fraction of sp³-hybridized carbons (Fsp3) is 0.917. The molecule has 0 aromatic rings. The molecule has 5 nitrogen and oxygen atoms in total. The lowest BCUT2D eigenvalue weighted by Gasteiger charge is -2.46. The van der Waals surface area contributed by atoms with Gasteiger partial charge in [-0.2, -0.15) is 0 Å². The van der Waals surface area contributed by atoms with Gasteiger partial charge in [0.05, 0.1) is 13.2 Å². The van der Waals surface area contributed by atoms with Crippen LogP contribution < -0.4 is 11.1 Å². The molecular weight excluding hydrogens is 218 g/mol. The van der Waals surface area contributed by atoms with E-state index in [4.69, 9.17) is 5.73 Å². The van der Waals surface area contributed by atoms with Crippen molar-refractivity contribution in [2.24, 2.45) is 11.7 Å². The third kappa shape index (κ3) is 3.57. The zero-order valence-electron chi connectivity index (χ0n) is 11.5. The van der Waals surface area contributed by atoms with E-state index in [0.29, 0.717) is 5.92 Å². The molecule has 3 N–H and O–H groups in total. The Morgan fingerprint density at radius 3 is 2.41 bits per heavy atom. The van der Waals surface area contributed by atoms with Gasteiger partial charge in [0, 0.05) is 24.7 Å². The lowest BCUT2D eigenvalue weighted by Crippen LogP contribution is -2.64.